The molecule has 3 rings (SSSR count). The number of hydrogen-bond donors (Lipinski definition) is 2. The molecule has 8 nitrogen and oxygen atoms in total. The first-order valence-electron chi connectivity index (χ1n) is 8.44. The van der Waals surface area contributed by atoms with Gasteiger partial charge in [-0.15, -0.1) is 0 Å². The molecule has 0 atom stereocenters. The molecular weight excluding hydrogens is 358 g/mol. The van der Waals surface area contributed by atoms with Crippen LogP contribution in [0.3, 0.4) is 0 Å². The first-order valence-corrected chi connectivity index (χ1v) is 8.44. The number of nitrogen functional groups attached to an aromatic ring is 1. The van der Waals surface area contributed by atoms with Gasteiger partial charge in [-0.1, -0.05) is 35.5 Å². The first-order chi connectivity index (χ1) is 13.7. The summed E-state index contributed by atoms with van der Waals surface area (Å²) in [6.07, 6.45) is 2.94. The van der Waals surface area contributed by atoms with Crippen molar-refractivity contribution in [3.8, 4) is 11.6 Å². The minimum absolute atomic E-state index is 0.0958. The Kier molecular flexibility index (Phi) is 6.14. The lowest BCUT2D eigenvalue weighted by Crippen LogP contribution is -2.14. The Labute approximate surface area is 162 Å². The number of carbonyl (C=O) groups is 1. The van der Waals surface area contributed by atoms with E-state index in [2.05, 4.69) is 25.3 Å². The lowest BCUT2D eigenvalue weighted by molar-refractivity contribution is -0.115. The second-order valence-electron chi connectivity index (χ2n) is 5.73. The molecule has 8 heteroatoms. The number of oxime groups is 1. The number of nitrogens with one attached hydrogen (secondary N) is 1. The van der Waals surface area contributed by atoms with Crippen LogP contribution in [0.25, 0.3) is 0 Å². The number of anilines is 2. The third kappa shape index (κ3) is 5.04. The fraction of sp³-hybridized carbons (Fsp3) is 0.100. The van der Waals surface area contributed by atoms with Gasteiger partial charge in [-0.3, -0.25) is 4.79 Å². The molecule has 3 N–H and O–H groups in total. The van der Waals surface area contributed by atoms with Crippen LogP contribution in [0.1, 0.15) is 11.1 Å². The van der Waals surface area contributed by atoms with Crippen LogP contribution < -0.4 is 15.8 Å². The smallest absolute Gasteiger partial charge is 0.233 e. The lowest BCUT2D eigenvalue weighted by atomic mass is 10.1. The highest BCUT2D eigenvalue weighted by molar-refractivity contribution is 5.92. The Morgan fingerprint density at radius 3 is 2.61 bits per heavy atom. The largest absolute Gasteiger partial charge is 0.438 e. The normalized spacial score (nSPS) is 10.6. The summed E-state index contributed by atoms with van der Waals surface area (Å²) in [6, 6.07) is 16.4. The SMILES string of the molecule is CO/N=C/c1c(N)ncnc1Oc1ccc(CC(=O)Nc2ccccc2)cc1. The standard InChI is InChI=1S/C20H19N5O3/c1-27-24-12-17-19(21)22-13-23-20(17)28-16-9-7-14(8-10-16)11-18(26)25-15-5-3-2-4-6-15/h2-10,12-13H,11H2,1H3,(H,25,26)(H2,21,22,23)/b24-12+. The van der Waals surface area contributed by atoms with Gasteiger partial charge in [0.25, 0.3) is 0 Å². The van der Waals surface area contributed by atoms with Crippen molar-refractivity contribution in [1.29, 1.82) is 0 Å². The van der Waals surface area contributed by atoms with E-state index >= 15 is 0 Å². The van der Waals surface area contributed by atoms with Crippen molar-refractivity contribution >= 4 is 23.6 Å². The summed E-state index contributed by atoms with van der Waals surface area (Å²) in [7, 11) is 1.42. The monoisotopic (exact) mass is 377 g/mol. The second-order valence-corrected chi connectivity index (χ2v) is 5.73. The minimum atomic E-state index is -0.0958. The van der Waals surface area contributed by atoms with Gasteiger partial charge < -0.3 is 20.6 Å². The van der Waals surface area contributed by atoms with Crippen molar-refractivity contribution in [3.63, 3.8) is 0 Å². The number of rotatable bonds is 7. The van der Waals surface area contributed by atoms with E-state index in [0.717, 1.165) is 11.3 Å². The van der Waals surface area contributed by atoms with Crippen molar-refractivity contribution in [2.75, 3.05) is 18.2 Å². The van der Waals surface area contributed by atoms with Crippen molar-refractivity contribution in [3.05, 3.63) is 72.1 Å². The van der Waals surface area contributed by atoms with Crippen molar-refractivity contribution in [2.24, 2.45) is 5.16 Å². The number of para-hydroxylation sites is 1. The van der Waals surface area contributed by atoms with Crippen molar-refractivity contribution < 1.29 is 14.4 Å². The Bertz CT molecular complexity index is 959. The van der Waals surface area contributed by atoms with Crippen molar-refractivity contribution in [1.82, 2.24) is 9.97 Å². The molecule has 0 aliphatic carbocycles. The molecule has 0 unspecified atom stereocenters. The lowest BCUT2D eigenvalue weighted by Gasteiger charge is -2.09. The second kappa shape index (κ2) is 9.13. The van der Waals surface area contributed by atoms with Gasteiger partial charge in [0.1, 0.15) is 30.6 Å². The number of nitrogens with two attached hydrogens (primary N) is 1. The van der Waals surface area contributed by atoms with E-state index < -0.39 is 0 Å². The molecule has 1 aromatic heterocycles. The summed E-state index contributed by atoms with van der Waals surface area (Å²) in [5.41, 5.74) is 7.86. The van der Waals surface area contributed by atoms with Gasteiger partial charge in [-0.2, -0.15) is 0 Å². The summed E-state index contributed by atoms with van der Waals surface area (Å²) in [4.78, 5) is 24.8. The number of aromatic nitrogens is 2. The third-order valence-electron chi connectivity index (χ3n) is 3.73. The van der Waals surface area contributed by atoms with E-state index in [9.17, 15) is 4.79 Å². The average molecular weight is 377 g/mol. The minimum Gasteiger partial charge on any atom is -0.438 e. The number of carbonyl (C=O) groups excluding carboxylic acids is 1. The molecule has 0 aliphatic rings. The Morgan fingerprint density at radius 1 is 1.14 bits per heavy atom. The highest BCUT2D eigenvalue weighted by Gasteiger charge is 2.11. The van der Waals surface area contributed by atoms with E-state index in [1.165, 1.54) is 19.7 Å². The zero-order chi connectivity index (χ0) is 19.8. The van der Waals surface area contributed by atoms with Gasteiger partial charge >= 0.3 is 0 Å². The van der Waals surface area contributed by atoms with Crippen LogP contribution in [0, 0.1) is 0 Å². The van der Waals surface area contributed by atoms with Gasteiger partial charge in [0, 0.05) is 5.69 Å². The van der Waals surface area contributed by atoms with Crippen LogP contribution in [-0.2, 0) is 16.1 Å². The summed E-state index contributed by atoms with van der Waals surface area (Å²) < 4.78 is 5.76. The molecule has 0 aliphatic heterocycles. The molecule has 0 spiro atoms. The highest BCUT2D eigenvalue weighted by Crippen LogP contribution is 2.24. The van der Waals surface area contributed by atoms with Gasteiger partial charge in [0.15, 0.2) is 0 Å². The number of ether oxygens (including phenoxy) is 1. The number of benzene rings is 2. The molecule has 3 aromatic rings. The van der Waals surface area contributed by atoms with E-state index in [1.54, 1.807) is 12.1 Å². The van der Waals surface area contributed by atoms with Gasteiger partial charge in [-0.05, 0) is 29.8 Å². The molecule has 1 amide bonds. The molecule has 2 aromatic carbocycles. The van der Waals surface area contributed by atoms with Crippen LogP contribution in [0.2, 0.25) is 0 Å². The number of amides is 1. The molecule has 0 bridgehead atoms. The summed E-state index contributed by atoms with van der Waals surface area (Å²) in [6.45, 7) is 0. The van der Waals surface area contributed by atoms with Crippen LogP contribution in [0.5, 0.6) is 11.6 Å². The highest BCUT2D eigenvalue weighted by atomic mass is 16.6. The molecule has 28 heavy (non-hydrogen) atoms. The topological polar surface area (TPSA) is 112 Å². The molecule has 0 radical (unpaired) electrons. The molecule has 1 heterocycles. The molecule has 142 valence electrons. The van der Waals surface area contributed by atoms with E-state index in [-0.39, 0.29) is 24.0 Å². The van der Waals surface area contributed by atoms with Gasteiger partial charge in [0.2, 0.25) is 11.8 Å². The molecular formula is C20H19N5O3. The number of hydrogen-bond acceptors (Lipinski definition) is 7. The van der Waals surface area contributed by atoms with Crippen molar-refractivity contribution in [2.45, 2.75) is 6.42 Å². The summed E-state index contributed by atoms with van der Waals surface area (Å²) >= 11 is 0. The maximum absolute atomic E-state index is 12.1. The number of nitrogens with zero attached hydrogens (tertiary/aromatic N) is 3. The molecule has 0 saturated heterocycles. The van der Waals surface area contributed by atoms with Crippen LogP contribution >= 0.6 is 0 Å². The van der Waals surface area contributed by atoms with E-state index in [0.29, 0.717) is 11.3 Å². The maximum Gasteiger partial charge on any atom is 0.233 e. The Morgan fingerprint density at radius 2 is 1.89 bits per heavy atom. The van der Waals surface area contributed by atoms with Crippen LogP contribution in [0.4, 0.5) is 11.5 Å². The first kappa shape index (κ1) is 18.8. The fourth-order valence-corrected chi connectivity index (χ4v) is 2.40. The average Bonchev–Trinajstić information content (AvgIpc) is 2.70. The third-order valence-corrected chi connectivity index (χ3v) is 3.73. The fourth-order valence-electron chi connectivity index (χ4n) is 2.40. The van der Waals surface area contributed by atoms with Crippen LogP contribution in [-0.4, -0.2) is 29.2 Å². The van der Waals surface area contributed by atoms with E-state index in [4.69, 9.17) is 10.5 Å². The Hall–Kier alpha value is -3.94. The summed E-state index contributed by atoms with van der Waals surface area (Å²) in [5.74, 6) is 0.918. The van der Waals surface area contributed by atoms with Gasteiger partial charge in [-0.25, -0.2) is 9.97 Å². The predicted molar refractivity (Wildman–Crippen MR) is 106 cm³/mol. The van der Waals surface area contributed by atoms with E-state index in [1.807, 2.05) is 42.5 Å². The zero-order valence-electron chi connectivity index (χ0n) is 15.2. The maximum atomic E-state index is 12.1. The summed E-state index contributed by atoms with van der Waals surface area (Å²) in [5, 5.41) is 6.53. The molecule has 0 saturated carbocycles. The quantitative estimate of drug-likeness (QED) is 0.483. The zero-order valence-corrected chi connectivity index (χ0v) is 15.2. The van der Waals surface area contributed by atoms with Crippen LogP contribution in [0.15, 0.2) is 66.1 Å². The predicted octanol–water partition coefficient (Wildman–Crippen LogP) is 3.01. The Balaban J connectivity index is 1.66. The van der Waals surface area contributed by atoms with Gasteiger partial charge in [0.05, 0.1) is 12.6 Å². The molecule has 0 fully saturated rings.